The molecule has 1 heterocycles. The zero-order valence-electron chi connectivity index (χ0n) is 14.6. The van der Waals surface area contributed by atoms with Crippen molar-refractivity contribution < 1.29 is 24.5 Å². The number of nitrogens with two attached hydrogens (primary N) is 2. The summed E-state index contributed by atoms with van der Waals surface area (Å²) in [5, 5.41) is 30.1. The summed E-state index contributed by atoms with van der Waals surface area (Å²) in [6.45, 7) is -0.493. The lowest BCUT2D eigenvalue weighted by Crippen LogP contribution is -2.48. The lowest BCUT2D eigenvalue weighted by Gasteiger charge is -2.27. The molecule has 0 saturated heterocycles. The number of nitriles is 1. The topological polar surface area (TPSA) is 215 Å². The number of carbonyl (C=O) groups is 2. The van der Waals surface area contributed by atoms with Gasteiger partial charge in [-0.2, -0.15) is 5.26 Å². The largest absolute Gasteiger partial charge is 0.509 e. The lowest BCUT2D eigenvalue weighted by atomic mass is 9.94. The second-order valence-electron chi connectivity index (χ2n) is 6.30. The zero-order valence-corrected chi connectivity index (χ0v) is 14.6. The Morgan fingerprint density at radius 2 is 2.18 bits per heavy atom. The van der Waals surface area contributed by atoms with Gasteiger partial charge in [0.15, 0.2) is 5.54 Å². The van der Waals surface area contributed by atoms with E-state index in [0.717, 1.165) is 16.8 Å². The number of esters is 1. The highest BCUT2D eigenvalue weighted by Gasteiger charge is 2.50. The van der Waals surface area contributed by atoms with Gasteiger partial charge in [0.2, 0.25) is 5.91 Å². The van der Waals surface area contributed by atoms with Gasteiger partial charge < -0.3 is 26.4 Å². The molecule has 0 radical (unpaired) electrons. The highest BCUT2D eigenvalue weighted by molar-refractivity contribution is 5.78. The molecule has 0 saturated carbocycles. The molecule has 1 aliphatic carbocycles. The number of hydrogen-bond acceptors (Lipinski definition) is 9. The molecule has 12 heteroatoms. The summed E-state index contributed by atoms with van der Waals surface area (Å²) >= 11 is 0. The van der Waals surface area contributed by atoms with Crippen LogP contribution >= 0.6 is 0 Å². The minimum absolute atomic E-state index is 0.00241. The zero-order chi connectivity index (χ0) is 21.1. The number of H-pyrrole nitrogens is 1. The molecule has 150 valence electrons. The van der Waals surface area contributed by atoms with E-state index in [4.69, 9.17) is 16.2 Å². The monoisotopic (exact) mass is 393 g/mol. The van der Waals surface area contributed by atoms with Crippen molar-refractivity contribution in [1.29, 1.82) is 5.26 Å². The smallest absolute Gasteiger partial charge is 0.329 e. The van der Waals surface area contributed by atoms with Crippen LogP contribution in [0.15, 0.2) is 33.2 Å². The van der Waals surface area contributed by atoms with Gasteiger partial charge in [-0.15, -0.1) is 0 Å². The predicted molar refractivity (Wildman–Crippen MR) is 92.6 cm³/mol. The van der Waals surface area contributed by atoms with Crippen molar-refractivity contribution in [3.05, 3.63) is 44.4 Å². The third kappa shape index (κ3) is 3.95. The van der Waals surface area contributed by atoms with Crippen LogP contribution in [0.25, 0.3) is 0 Å². The molecule has 1 aromatic rings. The Labute approximate surface area is 157 Å². The van der Waals surface area contributed by atoms with Gasteiger partial charge in [-0.25, -0.2) is 4.79 Å². The first-order valence-corrected chi connectivity index (χ1v) is 8.15. The van der Waals surface area contributed by atoms with Crippen LogP contribution in [0.3, 0.4) is 0 Å². The normalized spacial score (nSPS) is 22.5. The molecule has 1 aliphatic rings. The summed E-state index contributed by atoms with van der Waals surface area (Å²) in [6.07, 6.45) is -1.26. The van der Waals surface area contributed by atoms with Crippen LogP contribution in [0.2, 0.25) is 0 Å². The quantitative estimate of drug-likeness (QED) is 0.308. The van der Waals surface area contributed by atoms with Gasteiger partial charge >= 0.3 is 11.7 Å². The van der Waals surface area contributed by atoms with Crippen molar-refractivity contribution in [3.63, 3.8) is 0 Å². The van der Waals surface area contributed by atoms with Gasteiger partial charge in [0.05, 0.1) is 6.07 Å². The molecule has 0 aromatic carbocycles. The Hall–Kier alpha value is -3.43. The SMILES string of the molecule is N#C[C@@]1(n2ccc(=O)[nH]c2=O)CC(COC(=O)[C@H](N)CCC(N)=O)=C(O)C1O. The van der Waals surface area contributed by atoms with Gasteiger partial charge in [-0.1, -0.05) is 0 Å². The van der Waals surface area contributed by atoms with Crippen molar-refractivity contribution in [3.8, 4) is 6.07 Å². The second kappa shape index (κ2) is 8.07. The van der Waals surface area contributed by atoms with E-state index in [1.807, 2.05) is 4.98 Å². The molecule has 0 fully saturated rings. The van der Waals surface area contributed by atoms with Crippen molar-refractivity contribution in [2.45, 2.75) is 36.9 Å². The molecule has 1 aromatic heterocycles. The number of carbonyl (C=O) groups excluding carboxylic acids is 2. The predicted octanol–water partition coefficient (Wildman–Crippen LogP) is -2.53. The lowest BCUT2D eigenvalue weighted by molar-refractivity contribution is -0.144. The fourth-order valence-corrected chi connectivity index (χ4v) is 2.84. The molecule has 0 spiro atoms. The molecule has 1 unspecified atom stereocenters. The first-order valence-electron chi connectivity index (χ1n) is 8.15. The van der Waals surface area contributed by atoms with E-state index in [2.05, 4.69) is 0 Å². The maximum atomic E-state index is 12.0. The summed E-state index contributed by atoms with van der Waals surface area (Å²) in [6, 6.07) is 1.65. The molecule has 1 amide bonds. The van der Waals surface area contributed by atoms with E-state index in [-0.39, 0.29) is 24.8 Å². The molecule has 7 N–H and O–H groups in total. The molecule has 0 aliphatic heterocycles. The summed E-state index contributed by atoms with van der Waals surface area (Å²) in [5.74, 6) is -2.13. The van der Waals surface area contributed by atoms with E-state index in [1.165, 1.54) is 0 Å². The van der Waals surface area contributed by atoms with Crippen LogP contribution in [-0.4, -0.2) is 50.4 Å². The van der Waals surface area contributed by atoms with Crippen LogP contribution in [0.4, 0.5) is 0 Å². The molecule has 3 atom stereocenters. The summed E-state index contributed by atoms with van der Waals surface area (Å²) in [5.41, 5.74) is 6.97. The van der Waals surface area contributed by atoms with Crippen LogP contribution in [-0.2, 0) is 19.9 Å². The number of aromatic nitrogens is 2. The number of ether oxygens (including phenoxy) is 1. The standard InChI is InChI=1S/C16H19N5O7/c17-7-16(21-4-3-11(23)20-15(21)27)5-8(12(24)13(16)25)6-28-14(26)9(18)1-2-10(19)22/h3-4,9,13,24-25H,1-2,5-6,18H2,(H2,19,22)(H,20,23,27)/t9-,13?,16+/m1/s1. The van der Waals surface area contributed by atoms with Crippen molar-refractivity contribution in [1.82, 2.24) is 9.55 Å². The first kappa shape index (κ1) is 20.9. The van der Waals surface area contributed by atoms with E-state index in [9.17, 15) is 34.7 Å². The molecular formula is C16H19N5O7. The van der Waals surface area contributed by atoms with Gasteiger partial charge in [0, 0.05) is 30.7 Å². The summed E-state index contributed by atoms with van der Waals surface area (Å²) in [7, 11) is 0. The third-order valence-corrected chi connectivity index (χ3v) is 4.40. The highest BCUT2D eigenvalue weighted by Crippen LogP contribution is 2.38. The van der Waals surface area contributed by atoms with E-state index >= 15 is 0 Å². The average molecular weight is 393 g/mol. The molecule has 28 heavy (non-hydrogen) atoms. The third-order valence-electron chi connectivity index (χ3n) is 4.40. The van der Waals surface area contributed by atoms with Crippen molar-refractivity contribution in [2.75, 3.05) is 6.61 Å². The maximum absolute atomic E-state index is 12.0. The number of aromatic amines is 1. The fourth-order valence-electron chi connectivity index (χ4n) is 2.84. The highest BCUT2D eigenvalue weighted by atomic mass is 16.5. The first-order chi connectivity index (χ1) is 13.1. The van der Waals surface area contributed by atoms with Crippen molar-refractivity contribution in [2.24, 2.45) is 11.5 Å². The molecule has 0 bridgehead atoms. The summed E-state index contributed by atoms with van der Waals surface area (Å²) in [4.78, 5) is 47.8. The summed E-state index contributed by atoms with van der Waals surface area (Å²) < 4.78 is 5.76. The van der Waals surface area contributed by atoms with Gasteiger partial charge in [0.1, 0.15) is 24.5 Å². The number of amides is 1. The van der Waals surface area contributed by atoms with Crippen LogP contribution in [0.1, 0.15) is 19.3 Å². The van der Waals surface area contributed by atoms with E-state index < -0.39 is 53.2 Å². The van der Waals surface area contributed by atoms with E-state index in [1.54, 1.807) is 6.07 Å². The number of nitrogens with one attached hydrogen (secondary N) is 1. The Morgan fingerprint density at radius 3 is 2.75 bits per heavy atom. The van der Waals surface area contributed by atoms with Gasteiger partial charge in [0.25, 0.3) is 5.56 Å². The number of rotatable bonds is 7. The number of primary amides is 1. The Balaban J connectivity index is 2.17. The van der Waals surface area contributed by atoms with Crippen LogP contribution in [0, 0.1) is 11.3 Å². The number of aliphatic hydroxyl groups excluding tert-OH is 2. The van der Waals surface area contributed by atoms with Crippen LogP contribution in [0.5, 0.6) is 0 Å². The van der Waals surface area contributed by atoms with Crippen LogP contribution < -0.4 is 22.7 Å². The minimum atomic E-state index is -1.93. The van der Waals surface area contributed by atoms with Gasteiger partial charge in [-0.05, 0) is 6.42 Å². The molecule has 2 rings (SSSR count). The van der Waals surface area contributed by atoms with Gasteiger partial charge in [-0.3, -0.25) is 23.9 Å². The Bertz CT molecular complexity index is 973. The Kier molecular flexibility index (Phi) is 6.02. The number of aliphatic hydroxyl groups is 2. The second-order valence-corrected chi connectivity index (χ2v) is 6.30. The number of nitrogens with zero attached hydrogens (tertiary/aromatic N) is 2. The Morgan fingerprint density at radius 1 is 1.50 bits per heavy atom. The minimum Gasteiger partial charge on any atom is -0.509 e. The van der Waals surface area contributed by atoms with E-state index in [0.29, 0.717) is 0 Å². The molecular weight excluding hydrogens is 374 g/mol. The molecule has 12 nitrogen and oxygen atoms in total. The fraction of sp³-hybridized carbons (Fsp3) is 0.438. The maximum Gasteiger partial charge on any atom is 0.329 e. The average Bonchev–Trinajstić information content (AvgIpc) is 2.89. The number of hydrogen-bond donors (Lipinski definition) is 5. The van der Waals surface area contributed by atoms with Crippen molar-refractivity contribution >= 4 is 11.9 Å².